The molecule has 1 aromatic heterocycles. The zero-order valence-electron chi connectivity index (χ0n) is 15.6. The SMILES string of the molecule is CCN(CC)C(CNS(=O)(=O)c1cc(OC)ccc1OC)c1ccco1. The second-order valence-electron chi connectivity index (χ2n) is 5.62. The summed E-state index contributed by atoms with van der Waals surface area (Å²) >= 11 is 0. The normalized spacial score (nSPS) is 13.0. The minimum absolute atomic E-state index is 0.0390. The molecule has 1 N–H and O–H groups in total. The van der Waals surface area contributed by atoms with Gasteiger partial charge in [-0.2, -0.15) is 0 Å². The molecule has 0 saturated carbocycles. The molecule has 8 heteroatoms. The van der Waals surface area contributed by atoms with E-state index >= 15 is 0 Å². The lowest BCUT2D eigenvalue weighted by molar-refractivity contribution is 0.194. The van der Waals surface area contributed by atoms with E-state index < -0.39 is 10.0 Å². The molecule has 2 rings (SSSR count). The quantitative estimate of drug-likeness (QED) is 0.680. The van der Waals surface area contributed by atoms with Gasteiger partial charge in [0.1, 0.15) is 22.2 Å². The third-order valence-electron chi connectivity index (χ3n) is 4.25. The predicted octanol–water partition coefficient (Wildman–Crippen LogP) is 2.66. The second kappa shape index (κ2) is 9.07. The van der Waals surface area contributed by atoms with E-state index in [4.69, 9.17) is 13.9 Å². The number of nitrogens with zero attached hydrogens (tertiary/aromatic N) is 1. The highest BCUT2D eigenvalue weighted by molar-refractivity contribution is 7.89. The summed E-state index contributed by atoms with van der Waals surface area (Å²) < 4.78 is 44.2. The lowest BCUT2D eigenvalue weighted by Gasteiger charge is -2.28. The van der Waals surface area contributed by atoms with Gasteiger partial charge in [0.15, 0.2) is 0 Å². The number of rotatable bonds is 10. The summed E-state index contributed by atoms with van der Waals surface area (Å²) in [5.74, 6) is 1.42. The van der Waals surface area contributed by atoms with Crippen molar-refractivity contribution in [1.82, 2.24) is 9.62 Å². The molecule has 0 saturated heterocycles. The highest BCUT2D eigenvalue weighted by Crippen LogP contribution is 2.28. The first kappa shape index (κ1) is 20.3. The topological polar surface area (TPSA) is 81.0 Å². The number of nitrogens with one attached hydrogen (secondary N) is 1. The Morgan fingerprint density at radius 3 is 2.42 bits per heavy atom. The molecule has 7 nitrogen and oxygen atoms in total. The van der Waals surface area contributed by atoms with Crippen LogP contribution in [0.4, 0.5) is 0 Å². The van der Waals surface area contributed by atoms with Gasteiger partial charge in [-0.25, -0.2) is 13.1 Å². The molecule has 144 valence electrons. The summed E-state index contributed by atoms with van der Waals surface area (Å²) in [7, 11) is -0.877. The molecule has 1 unspecified atom stereocenters. The van der Waals surface area contributed by atoms with E-state index in [1.165, 1.54) is 20.3 Å². The smallest absolute Gasteiger partial charge is 0.244 e. The van der Waals surface area contributed by atoms with Gasteiger partial charge >= 0.3 is 0 Å². The van der Waals surface area contributed by atoms with Crippen LogP contribution >= 0.6 is 0 Å². The van der Waals surface area contributed by atoms with Crippen LogP contribution in [0, 0.1) is 0 Å². The minimum atomic E-state index is -3.80. The van der Waals surface area contributed by atoms with Crippen LogP contribution in [0.5, 0.6) is 11.5 Å². The molecular weight excluding hydrogens is 356 g/mol. The van der Waals surface area contributed by atoms with Gasteiger partial charge in [0.25, 0.3) is 0 Å². The van der Waals surface area contributed by atoms with Crippen molar-refractivity contribution in [3.8, 4) is 11.5 Å². The Bertz CT molecular complexity index is 786. The van der Waals surface area contributed by atoms with E-state index in [0.717, 1.165) is 13.1 Å². The number of hydrogen-bond donors (Lipinski definition) is 1. The van der Waals surface area contributed by atoms with Gasteiger partial charge in [0.2, 0.25) is 10.0 Å². The zero-order chi connectivity index (χ0) is 19.2. The van der Waals surface area contributed by atoms with Crippen LogP contribution in [-0.4, -0.2) is 47.2 Å². The number of sulfonamides is 1. The molecule has 0 amide bonds. The second-order valence-corrected chi connectivity index (χ2v) is 7.36. The fraction of sp³-hybridized carbons (Fsp3) is 0.444. The summed E-state index contributed by atoms with van der Waals surface area (Å²) in [5.41, 5.74) is 0. The lowest BCUT2D eigenvalue weighted by Crippen LogP contribution is -2.38. The summed E-state index contributed by atoms with van der Waals surface area (Å²) in [6.07, 6.45) is 1.59. The molecule has 0 bridgehead atoms. The van der Waals surface area contributed by atoms with Crippen LogP contribution in [0.25, 0.3) is 0 Å². The monoisotopic (exact) mass is 382 g/mol. The highest BCUT2D eigenvalue weighted by atomic mass is 32.2. The number of benzene rings is 1. The van der Waals surface area contributed by atoms with E-state index in [-0.39, 0.29) is 23.2 Å². The average Bonchev–Trinajstić information content (AvgIpc) is 3.18. The Labute approximate surface area is 154 Å². The number of methoxy groups -OCH3 is 2. The maximum absolute atomic E-state index is 12.9. The Balaban J connectivity index is 2.28. The van der Waals surface area contributed by atoms with Crippen molar-refractivity contribution in [2.75, 3.05) is 33.9 Å². The average molecular weight is 382 g/mol. The number of hydrogen-bond acceptors (Lipinski definition) is 6. The van der Waals surface area contributed by atoms with Crippen LogP contribution in [0.15, 0.2) is 45.9 Å². The third kappa shape index (κ3) is 4.57. The standard InChI is InChI=1S/C18H26N2O5S/c1-5-20(6-2)15(16-8-7-11-25-16)13-19-26(21,22)18-12-14(23-3)9-10-17(18)24-4/h7-12,15,19H,5-6,13H2,1-4H3. The molecule has 0 radical (unpaired) electrons. The lowest BCUT2D eigenvalue weighted by atomic mass is 10.2. The molecule has 0 aliphatic heterocycles. The first-order chi connectivity index (χ1) is 12.5. The van der Waals surface area contributed by atoms with Gasteiger partial charge in [-0.3, -0.25) is 4.90 Å². The van der Waals surface area contributed by atoms with Gasteiger partial charge in [-0.15, -0.1) is 0 Å². The first-order valence-electron chi connectivity index (χ1n) is 8.45. The Hall–Kier alpha value is -2.03. The van der Waals surface area contributed by atoms with Gasteiger partial charge in [-0.1, -0.05) is 13.8 Å². The van der Waals surface area contributed by atoms with Crippen molar-refractivity contribution < 1.29 is 22.3 Å². The first-order valence-corrected chi connectivity index (χ1v) is 9.94. The van der Waals surface area contributed by atoms with E-state index in [1.54, 1.807) is 24.5 Å². The van der Waals surface area contributed by atoms with Crippen molar-refractivity contribution in [3.05, 3.63) is 42.4 Å². The van der Waals surface area contributed by atoms with Crippen molar-refractivity contribution >= 4 is 10.0 Å². The van der Waals surface area contributed by atoms with E-state index in [0.29, 0.717) is 11.5 Å². The Morgan fingerprint density at radius 1 is 1.15 bits per heavy atom. The van der Waals surface area contributed by atoms with Gasteiger partial charge in [0.05, 0.1) is 26.5 Å². The molecule has 1 aromatic carbocycles. The number of furan rings is 1. The fourth-order valence-corrected chi connectivity index (χ4v) is 4.04. The summed E-state index contributed by atoms with van der Waals surface area (Å²) in [5, 5.41) is 0. The van der Waals surface area contributed by atoms with Crippen molar-refractivity contribution in [1.29, 1.82) is 0 Å². The van der Waals surface area contributed by atoms with Crippen LogP contribution < -0.4 is 14.2 Å². The maximum Gasteiger partial charge on any atom is 0.244 e. The third-order valence-corrected chi connectivity index (χ3v) is 5.70. The molecule has 0 aliphatic carbocycles. The molecule has 1 heterocycles. The molecule has 1 atom stereocenters. The van der Waals surface area contributed by atoms with E-state index in [1.807, 2.05) is 19.9 Å². The predicted molar refractivity (Wildman–Crippen MR) is 99.1 cm³/mol. The summed E-state index contributed by atoms with van der Waals surface area (Å²) in [6.45, 7) is 5.77. The van der Waals surface area contributed by atoms with Crippen LogP contribution in [0.2, 0.25) is 0 Å². The highest BCUT2D eigenvalue weighted by Gasteiger charge is 2.26. The fourth-order valence-electron chi connectivity index (χ4n) is 2.82. The minimum Gasteiger partial charge on any atom is -0.497 e. The van der Waals surface area contributed by atoms with Crippen molar-refractivity contribution in [2.24, 2.45) is 0 Å². The summed E-state index contributed by atoms with van der Waals surface area (Å²) in [4.78, 5) is 2.17. The Kier molecular flexibility index (Phi) is 7.07. The van der Waals surface area contributed by atoms with E-state index in [2.05, 4.69) is 9.62 Å². The van der Waals surface area contributed by atoms with Crippen LogP contribution in [0.3, 0.4) is 0 Å². The van der Waals surface area contributed by atoms with Gasteiger partial charge in [0, 0.05) is 12.6 Å². The van der Waals surface area contributed by atoms with Crippen molar-refractivity contribution in [2.45, 2.75) is 24.8 Å². The maximum atomic E-state index is 12.9. The number of ether oxygens (including phenoxy) is 2. The number of likely N-dealkylation sites (N-methyl/N-ethyl adjacent to an activating group) is 1. The molecular formula is C18H26N2O5S. The largest absolute Gasteiger partial charge is 0.497 e. The zero-order valence-corrected chi connectivity index (χ0v) is 16.4. The van der Waals surface area contributed by atoms with Gasteiger partial charge in [-0.05, 0) is 37.4 Å². The summed E-state index contributed by atoms with van der Waals surface area (Å²) in [6, 6.07) is 8.11. The molecule has 2 aromatic rings. The molecule has 26 heavy (non-hydrogen) atoms. The Morgan fingerprint density at radius 2 is 1.88 bits per heavy atom. The molecule has 0 fully saturated rings. The van der Waals surface area contributed by atoms with Crippen molar-refractivity contribution in [3.63, 3.8) is 0 Å². The van der Waals surface area contributed by atoms with Crippen LogP contribution in [0.1, 0.15) is 25.6 Å². The molecule has 0 aliphatic rings. The van der Waals surface area contributed by atoms with E-state index in [9.17, 15) is 8.42 Å². The van der Waals surface area contributed by atoms with Gasteiger partial charge < -0.3 is 13.9 Å². The molecule has 0 spiro atoms. The van der Waals surface area contributed by atoms with Crippen LogP contribution in [-0.2, 0) is 10.0 Å².